The Bertz CT molecular complexity index is 935. The first-order valence-electron chi connectivity index (χ1n) is 10.1. The lowest BCUT2D eigenvalue weighted by molar-refractivity contribution is -0.231. The summed E-state index contributed by atoms with van der Waals surface area (Å²) < 4.78 is 11.1. The number of phenolic OH excluding ortho intramolecular Hbond substituents is 1. The molecule has 8 heteroatoms. The summed E-state index contributed by atoms with van der Waals surface area (Å²) in [5.41, 5.74) is 0.129. The van der Waals surface area contributed by atoms with Crippen LogP contribution in [0.2, 0.25) is 0 Å². The maximum atomic E-state index is 12.8. The van der Waals surface area contributed by atoms with Gasteiger partial charge in [-0.15, -0.1) is 6.58 Å². The van der Waals surface area contributed by atoms with E-state index in [2.05, 4.69) is 6.58 Å². The first-order chi connectivity index (χ1) is 14.4. The number of unbranched alkanes of at least 4 members (excludes halogenated alkanes) is 3. The van der Waals surface area contributed by atoms with E-state index >= 15 is 0 Å². The molecule has 2 heterocycles. The Kier molecular flexibility index (Phi) is 7.27. The Balaban J connectivity index is 2.08. The molecule has 5 N–H and O–H groups in total. The molecule has 1 saturated heterocycles. The SMILES string of the molecule is C=CCCCCCc1c([C@@H]2O[C@H](CO)[C@H](O)[C@H](O)[C@H]2O)c2ccc(O)cc2oc1=O. The second-order valence-electron chi connectivity index (χ2n) is 7.60. The number of rotatable bonds is 8. The third-order valence-corrected chi connectivity index (χ3v) is 5.54. The third-order valence-electron chi connectivity index (χ3n) is 5.54. The maximum absolute atomic E-state index is 12.8. The fourth-order valence-electron chi connectivity index (χ4n) is 3.92. The van der Waals surface area contributed by atoms with Gasteiger partial charge in [0.25, 0.3) is 0 Å². The van der Waals surface area contributed by atoms with Gasteiger partial charge in [-0.25, -0.2) is 4.79 Å². The fraction of sp³-hybridized carbons (Fsp3) is 0.500. The first kappa shape index (κ1) is 22.5. The first-order valence-corrected chi connectivity index (χ1v) is 10.1. The fourth-order valence-corrected chi connectivity index (χ4v) is 3.92. The van der Waals surface area contributed by atoms with Crippen LogP contribution in [-0.2, 0) is 11.2 Å². The minimum atomic E-state index is -1.57. The number of fused-ring (bicyclic) bond motifs is 1. The lowest BCUT2D eigenvalue weighted by Gasteiger charge is -2.41. The van der Waals surface area contributed by atoms with Crippen molar-refractivity contribution in [3.8, 4) is 5.75 Å². The van der Waals surface area contributed by atoms with E-state index in [0.29, 0.717) is 29.4 Å². The molecule has 0 spiro atoms. The number of ether oxygens (including phenoxy) is 1. The van der Waals surface area contributed by atoms with E-state index in [4.69, 9.17) is 9.15 Å². The van der Waals surface area contributed by atoms with Gasteiger partial charge in [0, 0.05) is 22.6 Å². The maximum Gasteiger partial charge on any atom is 0.339 e. The summed E-state index contributed by atoms with van der Waals surface area (Å²) in [7, 11) is 0. The van der Waals surface area contributed by atoms with Crippen LogP contribution in [0.5, 0.6) is 5.75 Å². The van der Waals surface area contributed by atoms with Crippen molar-refractivity contribution in [1.29, 1.82) is 0 Å². The molecule has 0 bridgehead atoms. The van der Waals surface area contributed by atoms with Crippen molar-refractivity contribution in [2.24, 2.45) is 0 Å². The highest BCUT2D eigenvalue weighted by molar-refractivity contribution is 5.83. The van der Waals surface area contributed by atoms with E-state index in [9.17, 15) is 30.3 Å². The third kappa shape index (κ3) is 4.43. The molecule has 0 unspecified atom stereocenters. The van der Waals surface area contributed by atoms with Crippen LogP contribution in [0, 0.1) is 0 Å². The van der Waals surface area contributed by atoms with Gasteiger partial charge in [0.15, 0.2) is 0 Å². The van der Waals surface area contributed by atoms with E-state index in [1.165, 1.54) is 12.1 Å². The van der Waals surface area contributed by atoms with E-state index in [1.807, 2.05) is 6.08 Å². The summed E-state index contributed by atoms with van der Waals surface area (Å²) >= 11 is 0. The molecule has 1 aliphatic heterocycles. The summed E-state index contributed by atoms with van der Waals surface area (Å²) in [6, 6.07) is 4.26. The Labute approximate surface area is 173 Å². The van der Waals surface area contributed by atoms with Crippen LogP contribution >= 0.6 is 0 Å². The monoisotopic (exact) mass is 420 g/mol. The highest BCUT2D eigenvalue weighted by Crippen LogP contribution is 2.38. The number of aromatic hydroxyl groups is 1. The smallest absolute Gasteiger partial charge is 0.339 e. The predicted octanol–water partition coefficient (Wildman–Crippen LogP) is 1.30. The molecule has 164 valence electrons. The van der Waals surface area contributed by atoms with Gasteiger partial charge < -0.3 is 34.7 Å². The van der Waals surface area contributed by atoms with E-state index in [0.717, 1.165) is 19.3 Å². The molecule has 0 amide bonds. The van der Waals surface area contributed by atoms with Crippen molar-refractivity contribution in [3.63, 3.8) is 0 Å². The van der Waals surface area contributed by atoms with Crippen molar-refractivity contribution in [3.05, 3.63) is 52.4 Å². The predicted molar refractivity (Wildman–Crippen MR) is 109 cm³/mol. The van der Waals surface area contributed by atoms with Crippen molar-refractivity contribution >= 4 is 11.0 Å². The number of aliphatic hydroxyl groups is 4. The Hall–Kier alpha value is -2.23. The zero-order valence-electron chi connectivity index (χ0n) is 16.6. The molecule has 1 aliphatic rings. The minimum Gasteiger partial charge on any atom is -0.508 e. The van der Waals surface area contributed by atoms with Crippen LogP contribution in [0.1, 0.15) is 42.9 Å². The molecule has 2 aromatic rings. The van der Waals surface area contributed by atoms with Crippen LogP contribution in [0.15, 0.2) is 40.1 Å². The van der Waals surface area contributed by atoms with Gasteiger partial charge in [0.1, 0.15) is 41.9 Å². The number of hydrogen-bond donors (Lipinski definition) is 5. The minimum absolute atomic E-state index is 0.0948. The van der Waals surface area contributed by atoms with Crippen molar-refractivity contribution < 1.29 is 34.7 Å². The largest absolute Gasteiger partial charge is 0.508 e. The summed E-state index contributed by atoms with van der Waals surface area (Å²) in [4.78, 5) is 12.8. The quantitative estimate of drug-likeness (QED) is 0.245. The average molecular weight is 420 g/mol. The average Bonchev–Trinajstić information content (AvgIpc) is 2.72. The molecular formula is C22H28O8. The van der Waals surface area contributed by atoms with E-state index in [-0.39, 0.29) is 11.3 Å². The molecule has 0 saturated carbocycles. The standard InChI is InChI=1S/C22H28O8/c1-2-3-4-5-6-7-14-17(13-9-8-12(24)10-15(13)30-22(14)28)21-20(27)19(26)18(25)16(11-23)29-21/h2,8-10,16,18-21,23-27H,1,3-7,11H2/t16-,18+,19+,20-,21+/m1/s1. The Morgan fingerprint density at radius 1 is 1.07 bits per heavy atom. The van der Waals surface area contributed by atoms with Gasteiger partial charge in [0.2, 0.25) is 0 Å². The highest BCUT2D eigenvalue weighted by Gasteiger charge is 2.45. The molecule has 1 fully saturated rings. The molecular weight excluding hydrogens is 392 g/mol. The molecule has 5 atom stereocenters. The molecule has 30 heavy (non-hydrogen) atoms. The lowest BCUT2D eigenvalue weighted by atomic mass is 9.87. The Morgan fingerprint density at radius 3 is 2.53 bits per heavy atom. The van der Waals surface area contributed by atoms with Crippen molar-refractivity contribution in [2.45, 2.75) is 62.6 Å². The van der Waals surface area contributed by atoms with E-state index in [1.54, 1.807) is 6.07 Å². The normalized spacial score (nSPS) is 26.7. The van der Waals surface area contributed by atoms with Crippen LogP contribution in [0.3, 0.4) is 0 Å². The second kappa shape index (κ2) is 9.72. The number of aliphatic hydroxyl groups excluding tert-OH is 4. The van der Waals surface area contributed by atoms with Crippen LogP contribution in [0.4, 0.5) is 0 Å². The summed E-state index contributed by atoms with van der Waals surface area (Å²) in [5, 5.41) is 50.7. The number of allylic oxidation sites excluding steroid dienone is 1. The van der Waals surface area contributed by atoms with Crippen LogP contribution in [-0.4, -0.2) is 56.6 Å². The van der Waals surface area contributed by atoms with Gasteiger partial charge >= 0.3 is 5.63 Å². The molecule has 8 nitrogen and oxygen atoms in total. The molecule has 3 rings (SSSR count). The van der Waals surface area contributed by atoms with Crippen molar-refractivity contribution in [1.82, 2.24) is 0 Å². The van der Waals surface area contributed by atoms with Crippen LogP contribution in [0.25, 0.3) is 11.0 Å². The summed E-state index contributed by atoms with van der Waals surface area (Å²) in [6.07, 6.45) is -1.35. The van der Waals surface area contributed by atoms with Crippen LogP contribution < -0.4 is 5.63 Å². The molecule has 0 aliphatic carbocycles. The number of phenols is 1. The van der Waals surface area contributed by atoms with Gasteiger partial charge in [-0.3, -0.25) is 0 Å². The molecule has 1 aromatic carbocycles. The Morgan fingerprint density at radius 2 is 1.83 bits per heavy atom. The summed E-state index contributed by atoms with van der Waals surface area (Å²) in [6.45, 7) is 3.12. The number of hydrogen-bond acceptors (Lipinski definition) is 8. The summed E-state index contributed by atoms with van der Waals surface area (Å²) in [5.74, 6) is -0.0948. The second-order valence-corrected chi connectivity index (χ2v) is 7.60. The zero-order chi connectivity index (χ0) is 21.8. The molecule has 1 aromatic heterocycles. The van der Waals surface area contributed by atoms with Crippen molar-refractivity contribution in [2.75, 3.05) is 6.61 Å². The van der Waals surface area contributed by atoms with Gasteiger partial charge in [-0.1, -0.05) is 12.5 Å². The molecule has 0 radical (unpaired) electrons. The van der Waals surface area contributed by atoms with E-state index < -0.39 is 42.8 Å². The zero-order valence-corrected chi connectivity index (χ0v) is 16.6. The van der Waals surface area contributed by atoms with Gasteiger partial charge in [0.05, 0.1) is 6.61 Å². The number of benzene rings is 1. The highest BCUT2D eigenvalue weighted by atomic mass is 16.5. The lowest BCUT2D eigenvalue weighted by Crippen LogP contribution is -2.55. The van der Waals surface area contributed by atoms with Gasteiger partial charge in [-0.2, -0.15) is 0 Å². The topological polar surface area (TPSA) is 141 Å². The van der Waals surface area contributed by atoms with Gasteiger partial charge in [-0.05, 0) is 37.8 Å².